The van der Waals surface area contributed by atoms with Gasteiger partial charge >= 0.3 is 0 Å². The van der Waals surface area contributed by atoms with Gasteiger partial charge in [0.1, 0.15) is 5.82 Å². The minimum Gasteiger partial charge on any atom is -0.379 e. The monoisotopic (exact) mass is 424 g/mol. The van der Waals surface area contributed by atoms with E-state index in [1.54, 1.807) is 16.2 Å². The van der Waals surface area contributed by atoms with Crippen LogP contribution in [0.2, 0.25) is 0 Å². The summed E-state index contributed by atoms with van der Waals surface area (Å²) < 4.78 is 46.7. The summed E-state index contributed by atoms with van der Waals surface area (Å²) in [5.41, 5.74) is -0.196. The lowest BCUT2D eigenvalue weighted by atomic mass is 10.1. The average molecular weight is 425 g/mol. The molecule has 2 aliphatic rings. The minimum absolute atomic E-state index is 0.0639. The third-order valence-corrected chi connectivity index (χ3v) is 8.03. The van der Waals surface area contributed by atoms with E-state index in [0.29, 0.717) is 19.8 Å². The van der Waals surface area contributed by atoms with E-state index in [0.717, 1.165) is 23.8 Å². The lowest BCUT2D eigenvalue weighted by molar-refractivity contribution is 0.0726. The fourth-order valence-corrected chi connectivity index (χ4v) is 6.01. The summed E-state index contributed by atoms with van der Waals surface area (Å²) >= 11 is 1.56. The van der Waals surface area contributed by atoms with Gasteiger partial charge in [-0.05, 0) is 42.5 Å². The smallest absolute Gasteiger partial charge is 0.257 e. The fraction of sp³-hybridized carbons (Fsp3) is 0.421. The summed E-state index contributed by atoms with van der Waals surface area (Å²) in [4.78, 5) is 15.7. The molecule has 0 spiro atoms. The van der Waals surface area contributed by atoms with Crippen LogP contribution >= 0.6 is 11.3 Å². The Kier molecular flexibility index (Phi) is 5.50. The summed E-state index contributed by atoms with van der Waals surface area (Å²) in [6.45, 7) is 1.66. The van der Waals surface area contributed by atoms with E-state index in [4.69, 9.17) is 4.74 Å². The number of hydrogen-bond donors (Lipinski definition) is 0. The van der Waals surface area contributed by atoms with Crippen molar-refractivity contribution in [2.24, 2.45) is 0 Å². The Bertz CT molecular complexity index is 956. The molecule has 1 amide bonds. The van der Waals surface area contributed by atoms with E-state index in [2.05, 4.69) is 0 Å². The van der Waals surface area contributed by atoms with E-state index in [1.807, 2.05) is 17.5 Å². The molecule has 2 aliphatic heterocycles. The van der Waals surface area contributed by atoms with Gasteiger partial charge in [-0.2, -0.15) is 4.31 Å². The molecule has 3 heterocycles. The highest BCUT2D eigenvalue weighted by atomic mass is 32.2. The second kappa shape index (κ2) is 7.90. The zero-order chi connectivity index (χ0) is 19.7. The van der Waals surface area contributed by atoms with E-state index < -0.39 is 21.7 Å². The first-order chi connectivity index (χ1) is 13.5. The number of rotatable bonds is 4. The van der Waals surface area contributed by atoms with Crippen molar-refractivity contribution in [2.45, 2.75) is 23.8 Å². The quantitative estimate of drug-likeness (QED) is 0.757. The first kappa shape index (κ1) is 19.5. The number of ether oxygens (including phenoxy) is 1. The summed E-state index contributed by atoms with van der Waals surface area (Å²) in [5, 5.41) is 1.95. The summed E-state index contributed by atoms with van der Waals surface area (Å²) in [6.07, 6.45) is 1.65. The number of carbonyl (C=O) groups is 1. The van der Waals surface area contributed by atoms with Crippen LogP contribution in [0.4, 0.5) is 4.39 Å². The maximum atomic E-state index is 14.5. The molecule has 150 valence electrons. The van der Waals surface area contributed by atoms with Crippen molar-refractivity contribution >= 4 is 27.3 Å². The van der Waals surface area contributed by atoms with Crippen molar-refractivity contribution in [3.05, 3.63) is 52.0 Å². The topological polar surface area (TPSA) is 66.9 Å². The normalized spacial score (nSPS) is 21.2. The second-order valence-electron chi connectivity index (χ2n) is 6.83. The predicted octanol–water partition coefficient (Wildman–Crippen LogP) is 2.89. The van der Waals surface area contributed by atoms with Gasteiger partial charge in [0.25, 0.3) is 5.91 Å². The third-order valence-electron chi connectivity index (χ3n) is 5.16. The van der Waals surface area contributed by atoms with Gasteiger partial charge in [0.2, 0.25) is 10.0 Å². The highest BCUT2D eigenvalue weighted by Gasteiger charge is 2.34. The van der Waals surface area contributed by atoms with E-state index in [9.17, 15) is 17.6 Å². The molecule has 1 aromatic heterocycles. The second-order valence-corrected chi connectivity index (χ2v) is 9.75. The number of thiophene rings is 1. The van der Waals surface area contributed by atoms with Gasteiger partial charge in [0, 0.05) is 24.5 Å². The number of benzene rings is 1. The third kappa shape index (κ3) is 3.59. The largest absolute Gasteiger partial charge is 0.379 e. The van der Waals surface area contributed by atoms with Crippen LogP contribution in [-0.4, -0.2) is 56.4 Å². The van der Waals surface area contributed by atoms with E-state index in [-0.39, 0.29) is 29.6 Å². The molecule has 6 nitrogen and oxygen atoms in total. The SMILES string of the molecule is O=C(c1cc(S(=O)(=O)N2CCOCC2)ccc1F)N1CCCC1c1cccs1. The molecule has 1 atom stereocenters. The highest BCUT2D eigenvalue weighted by Crippen LogP contribution is 2.36. The minimum atomic E-state index is -3.80. The number of amides is 1. The number of halogens is 1. The Labute approximate surface area is 167 Å². The lowest BCUT2D eigenvalue weighted by Crippen LogP contribution is -2.40. The molecule has 0 aliphatic carbocycles. The van der Waals surface area contributed by atoms with Gasteiger partial charge in [0.15, 0.2) is 0 Å². The first-order valence-corrected chi connectivity index (χ1v) is 11.5. The number of carbonyl (C=O) groups excluding carboxylic acids is 1. The number of likely N-dealkylation sites (tertiary alicyclic amines) is 1. The Morgan fingerprint density at radius 3 is 2.68 bits per heavy atom. The molecular weight excluding hydrogens is 403 g/mol. The van der Waals surface area contributed by atoms with Gasteiger partial charge in [-0.15, -0.1) is 11.3 Å². The van der Waals surface area contributed by atoms with Crippen molar-refractivity contribution in [1.29, 1.82) is 0 Å². The molecule has 2 aromatic rings. The summed E-state index contributed by atoms with van der Waals surface area (Å²) in [7, 11) is -3.80. The fourth-order valence-electron chi connectivity index (χ4n) is 3.71. The molecular formula is C19H21FN2O4S2. The van der Waals surface area contributed by atoms with Crippen LogP contribution in [0.25, 0.3) is 0 Å². The van der Waals surface area contributed by atoms with Crippen molar-refractivity contribution < 1.29 is 22.3 Å². The van der Waals surface area contributed by atoms with Crippen LogP contribution in [0, 0.1) is 5.82 Å². The molecule has 0 N–H and O–H groups in total. The van der Waals surface area contributed by atoms with Crippen molar-refractivity contribution in [2.75, 3.05) is 32.8 Å². The molecule has 4 rings (SSSR count). The zero-order valence-electron chi connectivity index (χ0n) is 15.2. The Hall–Kier alpha value is -1.81. The number of hydrogen-bond acceptors (Lipinski definition) is 5. The van der Waals surface area contributed by atoms with Gasteiger partial charge in [-0.3, -0.25) is 4.79 Å². The van der Waals surface area contributed by atoms with Crippen LogP contribution < -0.4 is 0 Å². The van der Waals surface area contributed by atoms with E-state index >= 15 is 0 Å². The van der Waals surface area contributed by atoms with Crippen molar-refractivity contribution in [1.82, 2.24) is 9.21 Å². The standard InChI is InChI=1S/C19H21FN2O4S2/c20-16-6-5-14(28(24,25)21-8-10-26-11-9-21)13-15(16)19(23)22-7-1-3-17(22)18-4-2-12-27-18/h2,4-6,12-13,17H,1,3,7-11H2. The molecule has 0 bridgehead atoms. The first-order valence-electron chi connectivity index (χ1n) is 9.20. The van der Waals surface area contributed by atoms with Crippen molar-refractivity contribution in [3.8, 4) is 0 Å². The zero-order valence-corrected chi connectivity index (χ0v) is 16.8. The summed E-state index contributed by atoms with van der Waals surface area (Å²) in [6, 6.07) is 7.26. The molecule has 28 heavy (non-hydrogen) atoms. The maximum Gasteiger partial charge on any atom is 0.257 e. The summed E-state index contributed by atoms with van der Waals surface area (Å²) in [5.74, 6) is -1.17. The van der Waals surface area contributed by atoms with Crippen LogP contribution in [-0.2, 0) is 14.8 Å². The number of morpholine rings is 1. The molecule has 1 aromatic carbocycles. The van der Waals surface area contributed by atoms with Gasteiger partial charge in [-0.1, -0.05) is 6.07 Å². The maximum absolute atomic E-state index is 14.5. The Balaban J connectivity index is 1.64. The Morgan fingerprint density at radius 1 is 1.18 bits per heavy atom. The van der Waals surface area contributed by atoms with Crippen LogP contribution in [0.3, 0.4) is 0 Å². The van der Waals surface area contributed by atoms with Gasteiger partial charge < -0.3 is 9.64 Å². The van der Waals surface area contributed by atoms with E-state index in [1.165, 1.54) is 16.4 Å². The van der Waals surface area contributed by atoms with Crippen LogP contribution in [0.5, 0.6) is 0 Å². The van der Waals surface area contributed by atoms with Gasteiger partial charge in [-0.25, -0.2) is 12.8 Å². The molecule has 1 unspecified atom stereocenters. The number of sulfonamides is 1. The van der Waals surface area contributed by atoms with Gasteiger partial charge in [0.05, 0.1) is 29.7 Å². The lowest BCUT2D eigenvalue weighted by Gasteiger charge is -2.27. The number of nitrogens with zero attached hydrogens (tertiary/aromatic N) is 2. The molecule has 2 saturated heterocycles. The molecule has 0 radical (unpaired) electrons. The molecule has 9 heteroatoms. The Morgan fingerprint density at radius 2 is 1.96 bits per heavy atom. The molecule has 2 fully saturated rings. The molecule has 0 saturated carbocycles. The highest BCUT2D eigenvalue weighted by molar-refractivity contribution is 7.89. The van der Waals surface area contributed by atoms with Crippen LogP contribution in [0.15, 0.2) is 40.6 Å². The average Bonchev–Trinajstić information content (AvgIpc) is 3.40. The predicted molar refractivity (Wildman–Crippen MR) is 103 cm³/mol. The van der Waals surface area contributed by atoms with Crippen molar-refractivity contribution in [3.63, 3.8) is 0 Å². The van der Waals surface area contributed by atoms with Crippen LogP contribution in [0.1, 0.15) is 34.1 Å².